The topological polar surface area (TPSA) is 37.4 Å². The molecule has 0 N–H and O–H groups in total. The van der Waals surface area contributed by atoms with Crippen molar-refractivity contribution in [2.24, 2.45) is 0 Å². The molecule has 0 saturated heterocycles. The number of hydrogen-bond acceptors (Lipinski definition) is 5. The average molecular weight is 352 g/mol. The number of fused-ring (bicyclic) bond motifs is 2. The van der Waals surface area contributed by atoms with Crippen LogP contribution in [0.1, 0.15) is 6.42 Å². The molecule has 116 valence electrons. The molecule has 6 heteroatoms. The number of para-hydroxylation sites is 2. The fourth-order valence-corrected chi connectivity index (χ4v) is 5.10. The van der Waals surface area contributed by atoms with E-state index in [-0.39, 0.29) is 5.75 Å². The summed E-state index contributed by atoms with van der Waals surface area (Å²) in [5.74, 6) is 0.210. The molecule has 1 heterocycles. The second-order valence-corrected chi connectivity index (χ2v) is 10.4. The van der Waals surface area contributed by atoms with Crippen molar-refractivity contribution in [3.05, 3.63) is 48.5 Å². The Morgan fingerprint density at radius 1 is 1.00 bits per heavy atom. The van der Waals surface area contributed by atoms with Crippen LogP contribution in [0, 0.1) is 0 Å². The van der Waals surface area contributed by atoms with Crippen LogP contribution in [-0.2, 0) is 8.87 Å². The predicted octanol–water partition coefficient (Wildman–Crippen LogP) is 4.37. The number of benzene rings is 2. The smallest absolute Gasteiger partial charge is 0.201 e. The normalized spacial score (nSPS) is 13.6. The van der Waals surface area contributed by atoms with Crippen LogP contribution in [0.4, 0.5) is 11.4 Å². The third kappa shape index (κ3) is 3.29. The van der Waals surface area contributed by atoms with Gasteiger partial charge >= 0.3 is 0 Å². The predicted molar refractivity (Wildman–Crippen MR) is 95.9 cm³/mol. The Labute approximate surface area is 139 Å². The lowest BCUT2D eigenvalue weighted by Gasteiger charge is -2.32. The van der Waals surface area contributed by atoms with E-state index in [1.807, 2.05) is 24.3 Å². The van der Waals surface area contributed by atoms with Crippen molar-refractivity contribution < 1.29 is 8.42 Å². The number of nitrogens with zero attached hydrogens (tertiary/aromatic N) is 1. The minimum atomic E-state index is -2.99. The molecule has 1 aliphatic heterocycles. The summed E-state index contributed by atoms with van der Waals surface area (Å²) in [6.45, 7) is 0.703. The molecular weight excluding hydrogens is 334 g/mol. The maximum Gasteiger partial charge on any atom is 0.201 e. The third-order valence-electron chi connectivity index (χ3n) is 3.56. The molecule has 0 radical (unpaired) electrons. The summed E-state index contributed by atoms with van der Waals surface area (Å²) in [5.41, 5.74) is 2.32. The first-order valence-electron chi connectivity index (χ1n) is 7.02. The van der Waals surface area contributed by atoms with E-state index in [2.05, 4.69) is 29.2 Å². The second-order valence-electron chi connectivity index (χ2n) is 4.97. The van der Waals surface area contributed by atoms with E-state index >= 15 is 0 Å². The zero-order valence-electron chi connectivity index (χ0n) is 12.2. The molecule has 3 nitrogen and oxygen atoms in total. The van der Waals surface area contributed by atoms with Crippen molar-refractivity contribution in [2.75, 3.05) is 23.5 Å². The van der Waals surface area contributed by atoms with Gasteiger partial charge in [0.1, 0.15) is 0 Å². The molecule has 0 atom stereocenters. The van der Waals surface area contributed by atoms with Gasteiger partial charge in [-0.25, -0.2) is 8.42 Å². The molecule has 0 amide bonds. The van der Waals surface area contributed by atoms with Gasteiger partial charge in [0.05, 0.1) is 17.1 Å². The number of hydrogen-bond donors (Lipinski definition) is 0. The Hall–Kier alpha value is -1.11. The molecule has 0 aromatic heterocycles. The van der Waals surface area contributed by atoms with E-state index in [0.29, 0.717) is 13.0 Å². The summed E-state index contributed by atoms with van der Waals surface area (Å²) in [5, 5.41) is 0. The molecule has 0 aliphatic carbocycles. The lowest BCUT2D eigenvalue weighted by Crippen LogP contribution is -2.23. The van der Waals surface area contributed by atoms with Crippen molar-refractivity contribution in [3.8, 4) is 0 Å². The Morgan fingerprint density at radius 3 is 2.09 bits per heavy atom. The van der Waals surface area contributed by atoms with Crippen LogP contribution in [0.15, 0.2) is 58.3 Å². The van der Waals surface area contributed by atoms with Crippen LogP contribution >= 0.6 is 22.6 Å². The Kier molecular flexibility index (Phi) is 4.70. The molecule has 2 aromatic rings. The summed E-state index contributed by atoms with van der Waals surface area (Å²) in [4.78, 5) is 4.67. The lowest BCUT2D eigenvalue weighted by molar-refractivity contribution is 0.608. The van der Waals surface area contributed by atoms with Gasteiger partial charge in [-0.2, -0.15) is 0 Å². The Balaban J connectivity index is 1.87. The summed E-state index contributed by atoms with van der Waals surface area (Å²) < 4.78 is 23.3. The van der Waals surface area contributed by atoms with Crippen LogP contribution in [0.5, 0.6) is 0 Å². The summed E-state index contributed by atoms with van der Waals surface area (Å²) in [6, 6.07) is 16.6. The van der Waals surface area contributed by atoms with E-state index in [9.17, 15) is 8.42 Å². The zero-order valence-corrected chi connectivity index (χ0v) is 14.7. The van der Waals surface area contributed by atoms with Gasteiger partial charge in [0.25, 0.3) is 0 Å². The van der Waals surface area contributed by atoms with Crippen LogP contribution in [0.25, 0.3) is 0 Å². The van der Waals surface area contributed by atoms with Crippen LogP contribution in [0.2, 0.25) is 0 Å². The summed E-state index contributed by atoms with van der Waals surface area (Å²) in [6.07, 6.45) is 2.24. The minimum Gasteiger partial charge on any atom is -0.340 e. The third-order valence-corrected chi connectivity index (χ3v) is 8.01. The first kappa shape index (κ1) is 15.8. The van der Waals surface area contributed by atoms with Gasteiger partial charge in [0, 0.05) is 16.3 Å². The van der Waals surface area contributed by atoms with E-state index < -0.39 is 8.87 Å². The lowest BCUT2D eigenvalue weighted by atomic mass is 10.2. The van der Waals surface area contributed by atoms with Gasteiger partial charge in [-0.05, 0) is 47.7 Å². The molecule has 0 bridgehead atoms. The molecule has 3 rings (SSSR count). The van der Waals surface area contributed by atoms with Crippen molar-refractivity contribution in [3.63, 3.8) is 0 Å². The minimum absolute atomic E-state index is 0.210. The quantitative estimate of drug-likeness (QED) is 0.748. The van der Waals surface area contributed by atoms with Crippen LogP contribution in [-0.4, -0.2) is 27.0 Å². The van der Waals surface area contributed by atoms with Crippen LogP contribution in [0.3, 0.4) is 0 Å². The summed E-state index contributed by atoms with van der Waals surface area (Å²) in [7, 11) is -2.06. The van der Waals surface area contributed by atoms with Gasteiger partial charge in [-0.1, -0.05) is 36.0 Å². The molecule has 2 aromatic carbocycles. The molecule has 0 fully saturated rings. The SMILES string of the molecule is CSS(=O)(=O)CCCN1c2ccccc2Sc2ccccc21. The van der Waals surface area contributed by atoms with E-state index in [4.69, 9.17) is 0 Å². The van der Waals surface area contributed by atoms with Gasteiger partial charge in [-0.15, -0.1) is 0 Å². The fourth-order valence-electron chi connectivity index (χ4n) is 2.50. The Morgan fingerprint density at radius 2 is 1.55 bits per heavy atom. The van der Waals surface area contributed by atoms with Crippen molar-refractivity contribution in [2.45, 2.75) is 16.2 Å². The highest BCUT2D eigenvalue weighted by atomic mass is 33.1. The maximum absolute atomic E-state index is 11.7. The molecule has 0 saturated carbocycles. The molecular formula is C16H17NO2S3. The molecule has 0 spiro atoms. The molecule has 1 aliphatic rings. The van der Waals surface area contributed by atoms with Crippen LogP contribution < -0.4 is 4.90 Å². The van der Waals surface area contributed by atoms with Gasteiger partial charge in [-0.3, -0.25) is 0 Å². The fraction of sp³-hybridized carbons (Fsp3) is 0.250. The zero-order chi connectivity index (χ0) is 15.6. The standard InChI is InChI=1S/C16H17NO2S3/c1-20-22(18,19)12-6-11-17-13-7-2-4-9-15(13)21-16-10-5-3-8-14(16)17/h2-5,7-10H,6,11-12H2,1H3. The first-order chi connectivity index (χ1) is 10.6. The highest BCUT2D eigenvalue weighted by molar-refractivity contribution is 8.71. The monoisotopic (exact) mass is 351 g/mol. The summed E-state index contributed by atoms with van der Waals surface area (Å²) >= 11 is 1.77. The highest BCUT2D eigenvalue weighted by Gasteiger charge is 2.22. The van der Waals surface area contributed by atoms with Crippen molar-refractivity contribution in [1.82, 2.24) is 0 Å². The maximum atomic E-state index is 11.7. The number of anilines is 2. The molecule has 22 heavy (non-hydrogen) atoms. The van der Waals surface area contributed by atoms with E-state index in [1.54, 1.807) is 18.0 Å². The Bertz CT molecular complexity index is 729. The molecule has 0 unspecified atom stereocenters. The second kappa shape index (κ2) is 6.56. The van der Waals surface area contributed by atoms with Gasteiger partial charge in [0.15, 0.2) is 0 Å². The van der Waals surface area contributed by atoms with Crippen molar-refractivity contribution >= 4 is 42.8 Å². The first-order valence-corrected chi connectivity index (χ1v) is 11.2. The highest BCUT2D eigenvalue weighted by Crippen LogP contribution is 2.47. The van der Waals surface area contributed by atoms with E-state index in [0.717, 1.165) is 22.2 Å². The number of rotatable bonds is 5. The van der Waals surface area contributed by atoms with Gasteiger partial charge in [0.2, 0.25) is 8.87 Å². The largest absolute Gasteiger partial charge is 0.340 e. The van der Waals surface area contributed by atoms with Crippen molar-refractivity contribution in [1.29, 1.82) is 0 Å². The van der Waals surface area contributed by atoms with Gasteiger partial charge < -0.3 is 4.90 Å². The van der Waals surface area contributed by atoms with E-state index in [1.165, 1.54) is 9.79 Å². The average Bonchev–Trinajstić information content (AvgIpc) is 2.54.